The van der Waals surface area contributed by atoms with Crippen molar-refractivity contribution < 1.29 is 36.0 Å². The lowest BCUT2D eigenvalue weighted by Crippen LogP contribution is -2.44. The monoisotopic (exact) mass is 550 g/mol. The van der Waals surface area contributed by atoms with E-state index in [1.165, 1.54) is 47.7 Å². The van der Waals surface area contributed by atoms with Crippen LogP contribution in [0.2, 0.25) is 0 Å². The van der Waals surface area contributed by atoms with Crippen LogP contribution in [0.15, 0.2) is 52.4 Å². The maximum atomic E-state index is 13.7. The van der Waals surface area contributed by atoms with Crippen LogP contribution in [0.4, 0.5) is 22.0 Å². The van der Waals surface area contributed by atoms with Crippen molar-refractivity contribution in [3.63, 3.8) is 0 Å². The van der Waals surface area contributed by atoms with E-state index >= 15 is 0 Å². The summed E-state index contributed by atoms with van der Waals surface area (Å²) in [7, 11) is 0. The third-order valence-corrected chi connectivity index (χ3v) is 7.29. The number of halogens is 5. The first kappa shape index (κ1) is 25.9. The van der Waals surface area contributed by atoms with E-state index in [2.05, 4.69) is 25.0 Å². The molecule has 0 aliphatic carbocycles. The number of amides is 1. The minimum Gasteiger partial charge on any atom is -0.381 e. The van der Waals surface area contributed by atoms with Crippen LogP contribution in [-0.2, 0) is 16.3 Å². The van der Waals surface area contributed by atoms with Crippen LogP contribution >= 0.6 is 11.3 Å². The predicted molar refractivity (Wildman–Crippen MR) is 126 cm³/mol. The Hall–Kier alpha value is -3.71. The average Bonchev–Trinajstić information content (AvgIpc) is 3.58. The van der Waals surface area contributed by atoms with Crippen molar-refractivity contribution in [2.24, 2.45) is 0 Å². The Morgan fingerprint density at radius 2 is 1.76 bits per heavy atom. The number of nitrogens with one attached hydrogen (secondary N) is 1. The summed E-state index contributed by atoms with van der Waals surface area (Å²) >= 11 is 1.33. The van der Waals surface area contributed by atoms with Gasteiger partial charge in [0.25, 0.3) is 5.91 Å². The Bertz CT molecular complexity index is 1440. The maximum absolute atomic E-state index is 13.7. The summed E-state index contributed by atoms with van der Waals surface area (Å²) in [5.74, 6) is -3.65. The quantitative estimate of drug-likeness (QED) is 0.313. The third kappa shape index (κ3) is 5.43. The summed E-state index contributed by atoms with van der Waals surface area (Å²) in [5, 5.41) is 8.66. The molecule has 0 unspecified atom stereocenters. The van der Waals surface area contributed by atoms with Gasteiger partial charge in [0.15, 0.2) is 0 Å². The third-order valence-electron chi connectivity index (χ3n) is 6.20. The minimum absolute atomic E-state index is 0.185. The molecule has 1 aliphatic rings. The second-order valence-electron chi connectivity index (χ2n) is 8.77. The van der Waals surface area contributed by atoms with Gasteiger partial charge in [-0.25, -0.2) is 13.8 Å². The molecule has 4 aromatic rings. The highest BCUT2D eigenvalue weighted by atomic mass is 32.1. The normalized spacial score (nSPS) is 15.4. The van der Waals surface area contributed by atoms with Gasteiger partial charge >= 0.3 is 12.1 Å². The van der Waals surface area contributed by atoms with Crippen molar-refractivity contribution in [2.45, 2.75) is 24.4 Å². The number of ether oxygens (including phenoxy) is 1. The molecule has 198 valence electrons. The molecule has 7 nitrogen and oxygen atoms in total. The van der Waals surface area contributed by atoms with Gasteiger partial charge in [-0.15, -0.1) is 11.3 Å². The fourth-order valence-electron chi connectivity index (χ4n) is 4.19. The van der Waals surface area contributed by atoms with Crippen molar-refractivity contribution in [3.05, 3.63) is 75.9 Å². The second kappa shape index (κ2) is 10.2. The summed E-state index contributed by atoms with van der Waals surface area (Å²) < 4.78 is 75.6. The van der Waals surface area contributed by atoms with Gasteiger partial charge < -0.3 is 14.6 Å². The molecule has 1 aliphatic heterocycles. The van der Waals surface area contributed by atoms with Gasteiger partial charge in [0.05, 0.1) is 5.69 Å². The van der Waals surface area contributed by atoms with Gasteiger partial charge in [0.1, 0.15) is 16.6 Å². The molecule has 0 bridgehead atoms. The van der Waals surface area contributed by atoms with Crippen molar-refractivity contribution >= 4 is 17.2 Å². The standard InChI is InChI=1S/C25H19F5N4O3S/c26-17-9-16(10-18(27)11-17)19-12-38-23(32-19)24(4-6-36-7-5-24)13-31-21(35)15-3-1-2-14(8-15)20-33-22(37-34-20)25(28,29)30/h1-3,8-12H,4-7,13H2,(H,31,35). The largest absolute Gasteiger partial charge is 0.471 e. The van der Waals surface area contributed by atoms with Crippen molar-refractivity contribution in [1.29, 1.82) is 0 Å². The summed E-state index contributed by atoms with van der Waals surface area (Å²) in [6.45, 7) is 1.08. The van der Waals surface area contributed by atoms with E-state index in [4.69, 9.17) is 4.74 Å². The molecule has 1 amide bonds. The smallest absolute Gasteiger partial charge is 0.381 e. The topological polar surface area (TPSA) is 90.1 Å². The van der Waals surface area contributed by atoms with Crippen LogP contribution in [-0.4, -0.2) is 40.8 Å². The SMILES string of the molecule is O=C(NCC1(c2nc(-c3cc(F)cc(F)c3)cs2)CCOCC1)c1cccc(-c2noc(C(F)(F)F)n2)c1. The zero-order valence-electron chi connectivity index (χ0n) is 19.5. The first-order chi connectivity index (χ1) is 18.1. The number of carbonyl (C=O) groups is 1. The Kier molecular flexibility index (Phi) is 6.97. The van der Waals surface area contributed by atoms with E-state index in [9.17, 15) is 26.7 Å². The molecule has 3 heterocycles. The molecule has 2 aromatic heterocycles. The Morgan fingerprint density at radius 3 is 2.45 bits per heavy atom. The summed E-state index contributed by atoms with van der Waals surface area (Å²) in [6.07, 6.45) is -3.67. The van der Waals surface area contributed by atoms with Crippen LogP contribution in [0, 0.1) is 11.6 Å². The predicted octanol–water partition coefficient (Wildman–Crippen LogP) is 5.64. The average molecular weight is 551 g/mol. The molecule has 0 atom stereocenters. The number of aromatic nitrogens is 3. The van der Waals surface area contributed by atoms with E-state index in [0.717, 1.165) is 6.07 Å². The number of rotatable bonds is 6. The number of benzene rings is 2. The Morgan fingerprint density at radius 1 is 1.03 bits per heavy atom. The van der Waals surface area contributed by atoms with Gasteiger partial charge in [0, 0.05) is 53.3 Å². The van der Waals surface area contributed by atoms with Gasteiger partial charge in [0.2, 0.25) is 5.82 Å². The van der Waals surface area contributed by atoms with Gasteiger partial charge in [-0.3, -0.25) is 4.79 Å². The van der Waals surface area contributed by atoms with Crippen LogP contribution in [0.25, 0.3) is 22.6 Å². The lowest BCUT2D eigenvalue weighted by molar-refractivity contribution is -0.159. The first-order valence-electron chi connectivity index (χ1n) is 11.4. The fraction of sp³-hybridized carbons (Fsp3) is 0.280. The summed E-state index contributed by atoms with van der Waals surface area (Å²) in [5.41, 5.74) is 0.535. The van der Waals surface area contributed by atoms with Crippen LogP contribution < -0.4 is 5.32 Å². The van der Waals surface area contributed by atoms with E-state index in [1.54, 1.807) is 5.38 Å². The molecular weight excluding hydrogens is 531 g/mol. The van der Waals surface area contributed by atoms with Crippen LogP contribution in [0.1, 0.15) is 34.1 Å². The molecular formula is C25H19F5N4O3S. The van der Waals surface area contributed by atoms with Crippen molar-refractivity contribution in [3.8, 4) is 22.6 Å². The van der Waals surface area contributed by atoms with E-state index in [1.807, 2.05) is 0 Å². The minimum atomic E-state index is -4.78. The first-order valence-corrected chi connectivity index (χ1v) is 12.3. The number of hydrogen-bond acceptors (Lipinski definition) is 7. The highest BCUT2D eigenvalue weighted by Gasteiger charge is 2.39. The maximum Gasteiger partial charge on any atom is 0.471 e. The molecule has 0 saturated carbocycles. The highest BCUT2D eigenvalue weighted by Crippen LogP contribution is 2.38. The molecule has 1 saturated heterocycles. The zero-order chi connectivity index (χ0) is 26.9. The lowest BCUT2D eigenvalue weighted by Gasteiger charge is -2.35. The fourth-order valence-corrected chi connectivity index (χ4v) is 5.28. The van der Waals surface area contributed by atoms with Gasteiger partial charge in [-0.05, 0) is 37.1 Å². The summed E-state index contributed by atoms with van der Waals surface area (Å²) in [6, 6.07) is 9.05. The van der Waals surface area contributed by atoms with E-state index < -0.39 is 35.0 Å². The van der Waals surface area contributed by atoms with E-state index in [-0.39, 0.29) is 23.5 Å². The Labute approximate surface area is 216 Å². The number of carbonyl (C=O) groups excluding carboxylic acids is 1. The molecule has 13 heteroatoms. The van der Waals surface area contributed by atoms with E-state index in [0.29, 0.717) is 42.3 Å². The summed E-state index contributed by atoms with van der Waals surface area (Å²) in [4.78, 5) is 21.0. The molecule has 2 aromatic carbocycles. The molecule has 1 fully saturated rings. The number of thiazole rings is 1. The van der Waals surface area contributed by atoms with Crippen molar-refractivity contribution in [2.75, 3.05) is 19.8 Å². The molecule has 0 radical (unpaired) electrons. The number of alkyl halides is 3. The highest BCUT2D eigenvalue weighted by molar-refractivity contribution is 7.10. The zero-order valence-corrected chi connectivity index (χ0v) is 20.3. The van der Waals surface area contributed by atoms with Crippen LogP contribution in [0.3, 0.4) is 0 Å². The molecule has 38 heavy (non-hydrogen) atoms. The van der Waals surface area contributed by atoms with Crippen molar-refractivity contribution in [1.82, 2.24) is 20.4 Å². The molecule has 1 N–H and O–H groups in total. The molecule has 0 spiro atoms. The number of nitrogens with zero attached hydrogens (tertiary/aromatic N) is 3. The van der Waals surface area contributed by atoms with Gasteiger partial charge in [-0.1, -0.05) is 17.3 Å². The lowest BCUT2D eigenvalue weighted by atomic mass is 9.80. The number of hydrogen-bond donors (Lipinski definition) is 1. The molecule has 5 rings (SSSR count). The van der Waals surface area contributed by atoms with Gasteiger partial charge in [-0.2, -0.15) is 18.2 Å². The second-order valence-corrected chi connectivity index (χ2v) is 9.63. The Balaban J connectivity index is 1.35. The van der Waals surface area contributed by atoms with Crippen LogP contribution in [0.5, 0.6) is 0 Å².